The van der Waals surface area contributed by atoms with Crippen LogP contribution in [0.1, 0.15) is 285 Å². The molecule has 0 N–H and O–H groups in total. The number of aromatic nitrogens is 4. The van der Waals surface area contributed by atoms with Crippen LogP contribution in [0.15, 0.2) is 116 Å². The minimum atomic E-state index is -0.358. The summed E-state index contributed by atoms with van der Waals surface area (Å²) in [5, 5.41) is 18.5. The van der Waals surface area contributed by atoms with Gasteiger partial charge in [-0.2, -0.15) is 0 Å². The summed E-state index contributed by atoms with van der Waals surface area (Å²) in [6.45, 7) is 17.4. The third-order valence-electron chi connectivity index (χ3n) is 26.3. The molecule has 17 aromatic rings. The molecule has 0 spiro atoms. The molecule has 0 amide bonds. The Morgan fingerprint density at radius 1 is 0.202 bits per heavy atom. The van der Waals surface area contributed by atoms with Crippen LogP contribution in [0.2, 0.25) is 0 Å². The van der Waals surface area contributed by atoms with Gasteiger partial charge < -0.3 is 4.42 Å². The van der Waals surface area contributed by atoms with E-state index in [1.54, 1.807) is 18.3 Å². The number of hydrogen-bond donors (Lipinski definition) is 0. The summed E-state index contributed by atoms with van der Waals surface area (Å²) in [6, 6.07) is 22.2. The zero-order valence-corrected chi connectivity index (χ0v) is 65.3. The first-order valence-corrected chi connectivity index (χ1v) is 42.5. The Hall–Kier alpha value is -9.36. The van der Waals surface area contributed by atoms with E-state index in [1.165, 1.54) is 0 Å². The van der Waals surface area contributed by atoms with Crippen molar-refractivity contribution in [3.05, 3.63) is 156 Å². The molecule has 12 aromatic carbocycles. The Morgan fingerprint density at radius 2 is 0.376 bits per heavy atom. The average Bonchev–Trinajstić information content (AvgIpc) is 1.64. The quantitative estimate of drug-likeness (QED) is 0.0211. The molecule has 109 heavy (non-hydrogen) atoms. The number of rotatable bonds is 36. The van der Waals surface area contributed by atoms with Crippen LogP contribution in [0.4, 0.5) is 0 Å². The van der Waals surface area contributed by atoms with Crippen LogP contribution in [0.3, 0.4) is 0 Å². The lowest BCUT2D eigenvalue weighted by Crippen LogP contribution is -2.37. The summed E-state index contributed by atoms with van der Waals surface area (Å²) in [6.07, 6.45) is 28.0. The molecular formula is C96H104N4O9. The first kappa shape index (κ1) is 72.5. The number of benzene rings is 12. The Kier molecular flexibility index (Phi) is 19.4. The van der Waals surface area contributed by atoms with Crippen molar-refractivity contribution in [3.63, 3.8) is 0 Å². The molecule has 0 aliphatic heterocycles. The highest BCUT2D eigenvalue weighted by Gasteiger charge is 2.36. The highest BCUT2D eigenvalue weighted by molar-refractivity contribution is 6.54. The molecule has 0 aliphatic rings. The summed E-state index contributed by atoms with van der Waals surface area (Å²) >= 11 is 0. The number of fused-ring (bicyclic) bond motifs is 9. The maximum atomic E-state index is 16.5. The van der Waals surface area contributed by atoms with Gasteiger partial charge in [0.2, 0.25) is 0 Å². The fourth-order valence-electron chi connectivity index (χ4n) is 21.0. The predicted octanol–water partition coefficient (Wildman–Crippen LogP) is 24.1. The van der Waals surface area contributed by atoms with E-state index in [-0.39, 0.29) is 68.6 Å². The van der Waals surface area contributed by atoms with Crippen molar-refractivity contribution in [1.82, 2.24) is 18.3 Å². The molecule has 13 nitrogen and oxygen atoms in total. The lowest BCUT2D eigenvalue weighted by atomic mass is 9.79. The molecule has 0 saturated heterocycles. The highest BCUT2D eigenvalue weighted by Crippen LogP contribution is 2.57. The van der Waals surface area contributed by atoms with Gasteiger partial charge in [0.25, 0.3) is 44.5 Å². The molecule has 0 fully saturated rings. The molecule has 0 unspecified atom stereocenters. The van der Waals surface area contributed by atoms with E-state index in [9.17, 15) is 0 Å². The number of furan rings is 1. The zero-order chi connectivity index (χ0) is 75.5. The molecule has 0 atom stereocenters. The first-order chi connectivity index (χ1) is 53.2. The van der Waals surface area contributed by atoms with Gasteiger partial charge in [-0.1, -0.05) is 234 Å². The average molecular weight is 1460 g/mol. The maximum Gasteiger partial charge on any atom is 0.261 e. The van der Waals surface area contributed by atoms with E-state index in [1.807, 2.05) is 72.8 Å². The maximum absolute atomic E-state index is 16.5. The van der Waals surface area contributed by atoms with Crippen LogP contribution in [0.5, 0.6) is 0 Å². The Balaban J connectivity index is 1.12. The molecule has 5 heterocycles. The van der Waals surface area contributed by atoms with E-state index in [4.69, 9.17) is 4.42 Å². The van der Waals surface area contributed by atoms with Crippen molar-refractivity contribution >= 4 is 173 Å². The SMILES string of the molecule is CCCCCC(CCCCC)n1c(=O)c2ccc3c4ccc5c(=O)n(C(CCCCC)CCCCC)c(=O)c6cc7c8c(oc9c%10cc%11c(=O)n(C(CCCCC)CCCCC)c(=O)c%12ccc%13c%14ccc%15c(=O)n(C(CCCCC)CCCCC)c(=O)c%16cc(c98)c(c%14c%15%16)c%10c%13c%12%11)c8cc(c1=O)c2c3c8c7c4c56. The van der Waals surface area contributed by atoms with E-state index < -0.39 is 0 Å². The zero-order valence-electron chi connectivity index (χ0n) is 65.3. The number of pyridine rings is 4. The molecule has 0 radical (unpaired) electrons. The fraction of sp³-hybridized carbons (Fsp3) is 0.458. The van der Waals surface area contributed by atoms with Gasteiger partial charge in [-0.25, -0.2) is 0 Å². The van der Waals surface area contributed by atoms with Crippen molar-refractivity contribution in [2.24, 2.45) is 0 Å². The van der Waals surface area contributed by atoms with Crippen LogP contribution in [0.25, 0.3) is 173 Å². The van der Waals surface area contributed by atoms with Crippen molar-refractivity contribution in [2.75, 3.05) is 0 Å². The smallest absolute Gasteiger partial charge is 0.261 e. The highest BCUT2D eigenvalue weighted by atomic mass is 16.3. The minimum Gasteiger partial charge on any atom is -0.455 e. The monoisotopic (exact) mass is 1460 g/mol. The summed E-state index contributed by atoms with van der Waals surface area (Å²) in [5.74, 6) is 0. The second kappa shape index (κ2) is 29.1. The van der Waals surface area contributed by atoms with Gasteiger partial charge in [0.15, 0.2) is 0 Å². The molecule has 17 rings (SSSR count). The summed E-state index contributed by atoms with van der Waals surface area (Å²) in [5.41, 5.74) is -1.83. The molecule has 13 heteroatoms. The van der Waals surface area contributed by atoms with Gasteiger partial charge in [-0.05, 0) is 165 Å². The fourth-order valence-corrected chi connectivity index (χ4v) is 21.0. The molecule has 5 aromatic heterocycles. The van der Waals surface area contributed by atoms with Crippen molar-refractivity contribution in [1.29, 1.82) is 0 Å². The van der Waals surface area contributed by atoms with Crippen LogP contribution in [-0.2, 0) is 0 Å². The topological polar surface area (TPSA) is 169 Å². The molecule has 0 saturated carbocycles. The van der Waals surface area contributed by atoms with Crippen LogP contribution >= 0.6 is 0 Å². The Bertz CT molecular complexity index is 6410. The van der Waals surface area contributed by atoms with E-state index in [2.05, 4.69) is 55.4 Å². The van der Waals surface area contributed by atoms with Crippen molar-refractivity contribution in [2.45, 2.75) is 285 Å². The standard InChI is InChI=1S/C96H104N4O9/c1-9-17-25-33-53(34-26-18-10-2)97-89(101)61-45-41-57-59-43-47-63-75-71(95(107)99(91(63)103)55(37-29-21-13-5)38-30-22-14-6)51-67-83(79(59)75)81-65(49-69(93(97)105)73(61)77(57)81)85-86-66-50-70-74-62(90(102)98(94(70)106)54(35-27-19-11-3)36-28-20-12-4)46-42-58-60-44-48-64-76-72(52-68(88(86)109-87(67)85)84(80(60)76)82(66)78(58)74)96(108)100(92(64)104)56(39-31-23-15-7)40-32-24-16-8/h41-56H,9-40H2,1-8H3. The van der Waals surface area contributed by atoms with E-state index >= 15 is 38.4 Å². The second-order valence-electron chi connectivity index (χ2n) is 33.0. The molecular weight excluding hydrogens is 1350 g/mol. The normalized spacial score (nSPS) is 13.1. The van der Waals surface area contributed by atoms with Crippen molar-refractivity contribution < 1.29 is 4.42 Å². The van der Waals surface area contributed by atoms with Crippen LogP contribution in [0, 0.1) is 0 Å². The third-order valence-corrected chi connectivity index (χ3v) is 26.3. The van der Waals surface area contributed by atoms with Gasteiger partial charge in [-0.15, -0.1) is 0 Å². The predicted molar refractivity (Wildman–Crippen MR) is 460 cm³/mol. The van der Waals surface area contributed by atoms with Crippen LogP contribution in [-0.4, -0.2) is 18.3 Å². The van der Waals surface area contributed by atoms with Gasteiger partial charge in [0.1, 0.15) is 11.2 Å². The van der Waals surface area contributed by atoms with Gasteiger partial charge in [-0.3, -0.25) is 56.6 Å². The second-order valence-corrected chi connectivity index (χ2v) is 33.0. The molecule has 562 valence electrons. The molecule has 0 aliphatic carbocycles. The van der Waals surface area contributed by atoms with Crippen LogP contribution < -0.4 is 44.5 Å². The lowest BCUT2D eigenvalue weighted by Gasteiger charge is -2.25. The first-order valence-electron chi connectivity index (χ1n) is 42.5. The third kappa shape index (κ3) is 10.9. The number of hydrogen-bond acceptors (Lipinski definition) is 9. The van der Waals surface area contributed by atoms with Gasteiger partial charge in [0, 0.05) is 121 Å². The van der Waals surface area contributed by atoms with E-state index in [0.717, 1.165) is 219 Å². The summed E-state index contributed by atoms with van der Waals surface area (Å²) in [4.78, 5) is 129. The Morgan fingerprint density at radius 3 is 0.587 bits per heavy atom. The van der Waals surface area contributed by atoms with Gasteiger partial charge >= 0.3 is 0 Å². The number of unbranched alkanes of at least 4 members (excludes halogenated alkanes) is 16. The largest absolute Gasteiger partial charge is 0.455 e. The summed E-state index contributed by atoms with van der Waals surface area (Å²) < 4.78 is 14.3. The van der Waals surface area contributed by atoms with Gasteiger partial charge in [0.05, 0.1) is 0 Å². The Labute approximate surface area is 632 Å². The molecule has 0 bridgehead atoms. The van der Waals surface area contributed by atoms with Crippen molar-refractivity contribution in [3.8, 4) is 0 Å². The van der Waals surface area contributed by atoms with E-state index in [0.29, 0.717) is 159 Å². The summed E-state index contributed by atoms with van der Waals surface area (Å²) in [7, 11) is 0. The number of nitrogens with zero attached hydrogens (tertiary/aromatic N) is 4. The lowest BCUT2D eigenvalue weighted by molar-refractivity contribution is 0.387. The minimum absolute atomic E-state index is 0.311.